The summed E-state index contributed by atoms with van der Waals surface area (Å²) in [5.74, 6) is 0. The van der Waals surface area contributed by atoms with Crippen molar-refractivity contribution in [1.29, 1.82) is 0 Å². The maximum atomic E-state index is 9.64. The number of fused-ring (bicyclic) bond motifs is 1. The molecule has 0 spiro atoms. The molecule has 1 aromatic carbocycles. The maximum Gasteiger partial charge on any atom is 0.112 e. The van der Waals surface area contributed by atoms with Crippen LogP contribution in [0.3, 0.4) is 0 Å². The number of nitrogens with zero attached hydrogens (tertiary/aromatic N) is 1. The van der Waals surface area contributed by atoms with E-state index in [9.17, 15) is 5.21 Å². The predicted molar refractivity (Wildman–Crippen MR) is 61.5 cm³/mol. The highest BCUT2D eigenvalue weighted by Gasteiger charge is 2.17. The van der Waals surface area contributed by atoms with Crippen LogP contribution in [0.4, 0.5) is 0 Å². The van der Waals surface area contributed by atoms with Crippen LogP contribution in [-0.2, 0) is 6.42 Å². The van der Waals surface area contributed by atoms with Crippen molar-refractivity contribution in [3.8, 4) is 0 Å². The van der Waals surface area contributed by atoms with Gasteiger partial charge >= 0.3 is 0 Å². The van der Waals surface area contributed by atoms with E-state index in [-0.39, 0.29) is 4.65 Å². The molecule has 0 unspecified atom stereocenters. The van der Waals surface area contributed by atoms with Gasteiger partial charge in [0.1, 0.15) is 6.54 Å². The molecule has 1 aliphatic carbocycles. The van der Waals surface area contributed by atoms with E-state index in [4.69, 9.17) is 0 Å². The Bertz CT molecular complexity index is 388. The van der Waals surface area contributed by atoms with E-state index in [0.29, 0.717) is 0 Å². The van der Waals surface area contributed by atoms with Crippen molar-refractivity contribution >= 4 is 5.57 Å². The van der Waals surface area contributed by atoms with Crippen molar-refractivity contribution in [3.63, 3.8) is 0 Å². The van der Waals surface area contributed by atoms with Crippen molar-refractivity contribution in [2.45, 2.75) is 12.8 Å². The lowest BCUT2D eigenvalue weighted by molar-refractivity contribution is -1.07. The summed E-state index contributed by atoms with van der Waals surface area (Å²) in [6.07, 6.45) is 4.27. The van der Waals surface area contributed by atoms with Crippen LogP contribution in [0.2, 0.25) is 0 Å². The Labute approximate surface area is 91.0 Å². The number of hydrogen-bond donors (Lipinski definition) is 1. The summed E-state index contributed by atoms with van der Waals surface area (Å²) in [6, 6.07) is 8.52. The van der Waals surface area contributed by atoms with Crippen molar-refractivity contribution in [3.05, 3.63) is 41.5 Å². The molecule has 15 heavy (non-hydrogen) atoms. The minimum atomic E-state index is 0.0412. The van der Waals surface area contributed by atoms with Crippen LogP contribution in [0.25, 0.3) is 5.57 Å². The quantitative estimate of drug-likeness (QED) is 0.592. The molecule has 2 rings (SSSR count). The Morgan fingerprint density at radius 2 is 2.00 bits per heavy atom. The number of rotatable bonds is 3. The smallest absolute Gasteiger partial charge is 0.112 e. The topological polar surface area (TPSA) is 20.2 Å². The SMILES string of the molecule is C[N+](C)(O)CCC1=CCc2ccccc21. The molecule has 0 saturated carbocycles. The van der Waals surface area contributed by atoms with E-state index in [0.717, 1.165) is 19.4 Å². The van der Waals surface area contributed by atoms with Crippen LogP contribution in [0.5, 0.6) is 0 Å². The zero-order valence-electron chi connectivity index (χ0n) is 9.40. The fourth-order valence-corrected chi connectivity index (χ4v) is 1.99. The second-order valence-corrected chi connectivity index (χ2v) is 4.69. The molecule has 0 aromatic heterocycles. The minimum Gasteiger partial charge on any atom is -0.217 e. The first kappa shape index (κ1) is 10.4. The van der Waals surface area contributed by atoms with Gasteiger partial charge < -0.3 is 0 Å². The Hall–Kier alpha value is -1.12. The maximum absolute atomic E-state index is 9.64. The molecule has 0 atom stereocenters. The molecule has 1 aromatic rings. The van der Waals surface area contributed by atoms with Gasteiger partial charge in [-0.1, -0.05) is 30.3 Å². The number of quaternary nitrogens is 1. The lowest BCUT2D eigenvalue weighted by Crippen LogP contribution is -2.36. The molecule has 0 bridgehead atoms. The molecule has 0 fully saturated rings. The first-order valence-electron chi connectivity index (χ1n) is 5.39. The zero-order chi connectivity index (χ0) is 10.9. The molecule has 0 aliphatic heterocycles. The average molecular weight is 204 g/mol. The number of hydrogen-bond acceptors (Lipinski definition) is 1. The Balaban J connectivity index is 2.08. The monoisotopic (exact) mass is 204 g/mol. The highest BCUT2D eigenvalue weighted by molar-refractivity contribution is 5.72. The van der Waals surface area contributed by atoms with Crippen molar-refractivity contribution in [2.24, 2.45) is 0 Å². The van der Waals surface area contributed by atoms with Crippen LogP contribution >= 0.6 is 0 Å². The lowest BCUT2D eigenvalue weighted by Gasteiger charge is -2.19. The van der Waals surface area contributed by atoms with Gasteiger partial charge in [-0.3, -0.25) is 0 Å². The van der Waals surface area contributed by atoms with Gasteiger partial charge in [-0.15, -0.1) is 0 Å². The van der Waals surface area contributed by atoms with Crippen LogP contribution in [-0.4, -0.2) is 30.5 Å². The van der Waals surface area contributed by atoms with E-state index >= 15 is 0 Å². The second-order valence-electron chi connectivity index (χ2n) is 4.69. The van der Waals surface area contributed by atoms with Crippen LogP contribution < -0.4 is 0 Å². The standard InChI is InChI=1S/C13H18NO/c1-14(2,15)10-9-12-8-7-11-5-3-4-6-13(11)12/h3-6,8,15H,7,9-10H2,1-2H3/q+1. The Morgan fingerprint density at radius 1 is 1.27 bits per heavy atom. The summed E-state index contributed by atoms with van der Waals surface area (Å²) < 4.78 is 0.0412. The minimum absolute atomic E-state index is 0.0412. The highest BCUT2D eigenvalue weighted by Crippen LogP contribution is 2.29. The molecular weight excluding hydrogens is 186 g/mol. The van der Waals surface area contributed by atoms with Gasteiger partial charge in [0.05, 0.1) is 14.1 Å². The molecule has 80 valence electrons. The van der Waals surface area contributed by atoms with E-state index in [1.54, 1.807) is 14.1 Å². The third kappa shape index (κ3) is 2.46. The van der Waals surface area contributed by atoms with Crippen LogP contribution in [0.15, 0.2) is 30.3 Å². The molecule has 0 radical (unpaired) electrons. The number of allylic oxidation sites excluding steroid dienone is 1. The summed E-state index contributed by atoms with van der Waals surface area (Å²) in [5, 5.41) is 9.64. The predicted octanol–water partition coefficient (Wildman–Crippen LogP) is 2.48. The second kappa shape index (κ2) is 3.80. The van der Waals surface area contributed by atoms with Gasteiger partial charge in [-0.25, -0.2) is 5.21 Å². The van der Waals surface area contributed by atoms with Gasteiger partial charge in [0.25, 0.3) is 0 Å². The molecule has 0 heterocycles. The van der Waals surface area contributed by atoms with Crippen molar-refractivity contribution < 1.29 is 9.85 Å². The first-order valence-corrected chi connectivity index (χ1v) is 5.39. The molecule has 2 nitrogen and oxygen atoms in total. The molecule has 0 saturated heterocycles. The molecule has 1 N–H and O–H groups in total. The Morgan fingerprint density at radius 3 is 2.73 bits per heavy atom. The van der Waals surface area contributed by atoms with Crippen molar-refractivity contribution in [1.82, 2.24) is 0 Å². The van der Waals surface area contributed by atoms with E-state index in [1.807, 2.05) is 0 Å². The summed E-state index contributed by atoms with van der Waals surface area (Å²) >= 11 is 0. The average Bonchev–Trinajstić information content (AvgIpc) is 2.57. The normalized spacial score (nSPS) is 15.0. The van der Waals surface area contributed by atoms with E-state index < -0.39 is 0 Å². The van der Waals surface area contributed by atoms with Gasteiger partial charge in [0, 0.05) is 6.42 Å². The fraction of sp³-hybridized carbons (Fsp3) is 0.385. The van der Waals surface area contributed by atoms with Gasteiger partial charge in [0.15, 0.2) is 0 Å². The third-order valence-electron chi connectivity index (χ3n) is 2.86. The highest BCUT2D eigenvalue weighted by atomic mass is 16.5. The molecule has 0 amide bonds. The van der Waals surface area contributed by atoms with E-state index in [2.05, 4.69) is 30.3 Å². The summed E-state index contributed by atoms with van der Waals surface area (Å²) in [4.78, 5) is 0. The Kier molecular flexibility index (Phi) is 2.63. The summed E-state index contributed by atoms with van der Waals surface area (Å²) in [7, 11) is 3.61. The summed E-state index contributed by atoms with van der Waals surface area (Å²) in [6.45, 7) is 0.764. The van der Waals surface area contributed by atoms with Gasteiger partial charge in [0.2, 0.25) is 0 Å². The third-order valence-corrected chi connectivity index (χ3v) is 2.86. The van der Waals surface area contributed by atoms with Gasteiger partial charge in [-0.2, -0.15) is 4.65 Å². The number of benzene rings is 1. The number of hydroxylamine groups is 3. The van der Waals surface area contributed by atoms with E-state index in [1.165, 1.54) is 16.7 Å². The molecular formula is C13H18NO+. The largest absolute Gasteiger partial charge is 0.217 e. The van der Waals surface area contributed by atoms with Crippen molar-refractivity contribution in [2.75, 3.05) is 20.6 Å². The molecule has 2 heteroatoms. The first-order chi connectivity index (χ1) is 7.06. The van der Waals surface area contributed by atoms with Crippen LogP contribution in [0.1, 0.15) is 17.5 Å². The van der Waals surface area contributed by atoms with Gasteiger partial charge in [-0.05, 0) is 23.1 Å². The lowest BCUT2D eigenvalue weighted by atomic mass is 10.0. The zero-order valence-corrected chi connectivity index (χ0v) is 9.40. The fourth-order valence-electron chi connectivity index (χ4n) is 1.99. The molecule has 1 aliphatic rings. The van der Waals surface area contributed by atoms with Crippen LogP contribution in [0, 0.1) is 0 Å². The summed E-state index contributed by atoms with van der Waals surface area (Å²) in [5.41, 5.74) is 4.16.